The largest absolute Gasteiger partial charge is 0.300 e. The molecule has 0 spiro atoms. The van der Waals surface area contributed by atoms with Gasteiger partial charge in [-0.25, -0.2) is 4.98 Å². The standard InChI is InChI=1S/C10H10N2.C2H6/c1-8(2)9-7-11-10-5-3-4-6-12(9)10;1-2/h3-7H,1H2,2H3;1-2H3. The van der Waals surface area contributed by atoms with E-state index in [4.69, 9.17) is 0 Å². The highest BCUT2D eigenvalue weighted by Crippen LogP contribution is 2.12. The van der Waals surface area contributed by atoms with Crippen LogP contribution in [0, 0.1) is 0 Å². The molecule has 0 atom stereocenters. The Morgan fingerprint density at radius 3 is 2.71 bits per heavy atom. The smallest absolute Gasteiger partial charge is 0.137 e. The number of nitrogens with zero attached hydrogens (tertiary/aromatic N) is 2. The van der Waals surface area contributed by atoms with Gasteiger partial charge in [0.2, 0.25) is 0 Å². The lowest BCUT2D eigenvalue weighted by atomic mass is 10.3. The fourth-order valence-electron chi connectivity index (χ4n) is 1.25. The molecular formula is C12H16N2. The minimum Gasteiger partial charge on any atom is -0.300 e. The maximum Gasteiger partial charge on any atom is 0.137 e. The highest BCUT2D eigenvalue weighted by atomic mass is 15.0. The van der Waals surface area contributed by atoms with E-state index in [2.05, 4.69) is 11.6 Å². The number of rotatable bonds is 1. The third-order valence-corrected chi connectivity index (χ3v) is 1.85. The molecule has 2 nitrogen and oxygen atoms in total. The molecular weight excluding hydrogens is 172 g/mol. The van der Waals surface area contributed by atoms with Crippen molar-refractivity contribution >= 4 is 11.2 Å². The van der Waals surface area contributed by atoms with Gasteiger partial charge in [0.15, 0.2) is 0 Å². The number of hydrogen-bond donors (Lipinski definition) is 0. The normalized spacial score (nSPS) is 9.36. The number of allylic oxidation sites excluding steroid dienone is 1. The van der Waals surface area contributed by atoms with Crippen LogP contribution in [-0.4, -0.2) is 9.38 Å². The Morgan fingerprint density at radius 1 is 1.36 bits per heavy atom. The van der Waals surface area contributed by atoms with Crippen molar-refractivity contribution in [2.45, 2.75) is 20.8 Å². The van der Waals surface area contributed by atoms with E-state index in [1.807, 2.05) is 55.8 Å². The molecule has 0 aromatic carbocycles. The van der Waals surface area contributed by atoms with Crippen molar-refractivity contribution in [1.29, 1.82) is 0 Å². The molecule has 0 amide bonds. The Labute approximate surface area is 84.9 Å². The van der Waals surface area contributed by atoms with E-state index in [0.717, 1.165) is 16.9 Å². The Kier molecular flexibility index (Phi) is 3.46. The molecule has 0 unspecified atom stereocenters. The fourth-order valence-corrected chi connectivity index (χ4v) is 1.25. The van der Waals surface area contributed by atoms with Crippen molar-refractivity contribution < 1.29 is 0 Å². The van der Waals surface area contributed by atoms with Crippen LogP contribution in [0.2, 0.25) is 0 Å². The quantitative estimate of drug-likeness (QED) is 0.670. The van der Waals surface area contributed by atoms with Gasteiger partial charge >= 0.3 is 0 Å². The van der Waals surface area contributed by atoms with E-state index >= 15 is 0 Å². The van der Waals surface area contributed by atoms with Gasteiger partial charge in [-0.2, -0.15) is 0 Å². The first-order chi connectivity index (χ1) is 6.79. The summed E-state index contributed by atoms with van der Waals surface area (Å²) in [5.74, 6) is 0. The molecule has 0 saturated carbocycles. The molecule has 2 aromatic rings. The van der Waals surface area contributed by atoms with Crippen LogP contribution in [-0.2, 0) is 0 Å². The summed E-state index contributed by atoms with van der Waals surface area (Å²) >= 11 is 0. The van der Waals surface area contributed by atoms with Crippen LogP contribution >= 0.6 is 0 Å². The zero-order chi connectivity index (χ0) is 10.6. The van der Waals surface area contributed by atoms with E-state index in [0.29, 0.717) is 0 Å². The van der Waals surface area contributed by atoms with Crippen molar-refractivity contribution in [2.75, 3.05) is 0 Å². The van der Waals surface area contributed by atoms with Gasteiger partial charge in [0.25, 0.3) is 0 Å². The van der Waals surface area contributed by atoms with E-state index in [1.54, 1.807) is 0 Å². The summed E-state index contributed by atoms with van der Waals surface area (Å²) in [7, 11) is 0. The molecule has 0 aliphatic carbocycles. The second-order valence-electron chi connectivity index (χ2n) is 2.85. The molecule has 0 radical (unpaired) electrons. The number of aromatic nitrogens is 2. The highest BCUT2D eigenvalue weighted by molar-refractivity contribution is 5.61. The average molecular weight is 188 g/mol. The van der Waals surface area contributed by atoms with Gasteiger partial charge in [-0.1, -0.05) is 26.5 Å². The number of pyridine rings is 1. The molecule has 0 aliphatic rings. The molecule has 0 saturated heterocycles. The topological polar surface area (TPSA) is 17.3 Å². The summed E-state index contributed by atoms with van der Waals surface area (Å²) in [6.07, 6.45) is 3.84. The Hall–Kier alpha value is -1.57. The van der Waals surface area contributed by atoms with Gasteiger partial charge < -0.3 is 4.40 Å². The second kappa shape index (κ2) is 4.61. The summed E-state index contributed by atoms with van der Waals surface area (Å²) in [4.78, 5) is 4.24. The lowest BCUT2D eigenvalue weighted by Crippen LogP contribution is -1.87. The van der Waals surface area contributed by atoms with Crippen molar-refractivity contribution in [3.63, 3.8) is 0 Å². The Balaban J connectivity index is 0.000000461. The van der Waals surface area contributed by atoms with Crippen LogP contribution < -0.4 is 0 Å². The summed E-state index contributed by atoms with van der Waals surface area (Å²) in [6.45, 7) is 9.87. The minimum absolute atomic E-state index is 0.968. The maximum atomic E-state index is 4.24. The van der Waals surface area contributed by atoms with E-state index < -0.39 is 0 Å². The lowest BCUT2D eigenvalue weighted by molar-refractivity contribution is 1.15. The molecule has 0 bridgehead atoms. The first-order valence-electron chi connectivity index (χ1n) is 4.87. The third-order valence-electron chi connectivity index (χ3n) is 1.85. The minimum atomic E-state index is 0.968. The summed E-state index contributed by atoms with van der Waals surface area (Å²) in [5, 5.41) is 0. The van der Waals surface area contributed by atoms with Gasteiger partial charge in [-0.15, -0.1) is 0 Å². The third kappa shape index (κ3) is 1.84. The number of hydrogen-bond acceptors (Lipinski definition) is 1. The molecule has 14 heavy (non-hydrogen) atoms. The highest BCUT2D eigenvalue weighted by Gasteiger charge is 2.00. The van der Waals surface area contributed by atoms with Crippen LogP contribution in [0.4, 0.5) is 0 Å². The van der Waals surface area contributed by atoms with Gasteiger partial charge in [0.1, 0.15) is 5.65 Å². The Morgan fingerprint density at radius 2 is 2.07 bits per heavy atom. The predicted molar refractivity (Wildman–Crippen MR) is 61.2 cm³/mol. The van der Waals surface area contributed by atoms with E-state index in [-0.39, 0.29) is 0 Å². The van der Waals surface area contributed by atoms with Crippen molar-refractivity contribution in [2.24, 2.45) is 0 Å². The van der Waals surface area contributed by atoms with E-state index in [1.165, 1.54) is 0 Å². The van der Waals surface area contributed by atoms with Gasteiger partial charge in [0.05, 0.1) is 11.9 Å². The molecule has 0 N–H and O–H groups in total. The van der Waals surface area contributed by atoms with Crippen LogP contribution in [0.3, 0.4) is 0 Å². The maximum absolute atomic E-state index is 4.24. The molecule has 0 fully saturated rings. The Bertz CT molecular complexity index is 427. The second-order valence-corrected chi connectivity index (χ2v) is 2.85. The van der Waals surface area contributed by atoms with Crippen LogP contribution in [0.25, 0.3) is 11.2 Å². The zero-order valence-electron chi connectivity index (χ0n) is 8.99. The molecule has 2 aromatic heterocycles. The van der Waals surface area contributed by atoms with Crippen molar-refractivity contribution in [3.05, 3.63) is 42.9 Å². The molecule has 2 heteroatoms. The SMILES string of the molecule is C=C(C)c1cnc2ccccn12.CC. The van der Waals surface area contributed by atoms with Crippen LogP contribution in [0.5, 0.6) is 0 Å². The summed E-state index contributed by atoms with van der Waals surface area (Å²) in [6, 6.07) is 5.94. The predicted octanol–water partition coefficient (Wildman–Crippen LogP) is 3.39. The fraction of sp³-hybridized carbons (Fsp3) is 0.250. The molecule has 2 heterocycles. The van der Waals surface area contributed by atoms with Crippen molar-refractivity contribution in [1.82, 2.24) is 9.38 Å². The summed E-state index contributed by atoms with van der Waals surface area (Å²) in [5.41, 5.74) is 3.08. The van der Waals surface area contributed by atoms with Crippen LogP contribution in [0.1, 0.15) is 26.5 Å². The number of fused-ring (bicyclic) bond motifs is 1. The molecule has 74 valence electrons. The monoisotopic (exact) mass is 188 g/mol. The zero-order valence-corrected chi connectivity index (χ0v) is 8.99. The van der Waals surface area contributed by atoms with Crippen LogP contribution in [0.15, 0.2) is 37.2 Å². The van der Waals surface area contributed by atoms with E-state index in [9.17, 15) is 0 Å². The lowest BCUT2D eigenvalue weighted by Gasteiger charge is -1.97. The van der Waals surface area contributed by atoms with Gasteiger partial charge in [0, 0.05) is 6.20 Å². The first kappa shape index (κ1) is 10.5. The first-order valence-corrected chi connectivity index (χ1v) is 4.87. The number of imidazole rings is 1. The average Bonchev–Trinajstić information content (AvgIpc) is 2.64. The summed E-state index contributed by atoms with van der Waals surface area (Å²) < 4.78 is 2.03. The van der Waals surface area contributed by atoms with Gasteiger partial charge in [-0.3, -0.25) is 0 Å². The van der Waals surface area contributed by atoms with Crippen molar-refractivity contribution in [3.8, 4) is 0 Å². The van der Waals surface area contributed by atoms with Gasteiger partial charge in [-0.05, 0) is 24.6 Å². The molecule has 0 aliphatic heterocycles. The molecule has 2 rings (SSSR count).